The number of halogens is 3. The molecule has 2 aromatic rings. The molecule has 0 aliphatic rings. The van der Waals surface area contributed by atoms with Crippen LogP contribution in [-0.4, -0.2) is 16.0 Å². The van der Waals surface area contributed by atoms with Crippen molar-refractivity contribution in [1.82, 2.24) is 0 Å². The summed E-state index contributed by atoms with van der Waals surface area (Å²) in [4.78, 5) is 0. The van der Waals surface area contributed by atoms with Crippen molar-refractivity contribution in [1.29, 1.82) is 5.41 Å². The number of aromatic hydroxyl groups is 2. The maximum absolute atomic E-state index is 13.0. The molecule has 0 atom stereocenters. The van der Waals surface area contributed by atoms with E-state index in [9.17, 15) is 23.4 Å². The van der Waals surface area contributed by atoms with Crippen LogP contribution in [-0.2, 0) is 6.18 Å². The zero-order valence-electron chi connectivity index (χ0n) is 10.6. The Kier molecular flexibility index (Phi) is 3.51. The van der Waals surface area contributed by atoms with Gasteiger partial charge in [0.25, 0.3) is 0 Å². The second-order valence-corrected chi connectivity index (χ2v) is 4.32. The molecule has 0 saturated heterocycles. The molecule has 5 N–H and O–H groups in total. The lowest BCUT2D eigenvalue weighted by Crippen LogP contribution is -2.15. The van der Waals surface area contributed by atoms with Gasteiger partial charge in [0.15, 0.2) is 0 Å². The van der Waals surface area contributed by atoms with E-state index >= 15 is 0 Å². The van der Waals surface area contributed by atoms with Crippen LogP contribution in [0.1, 0.15) is 11.1 Å². The van der Waals surface area contributed by atoms with Crippen LogP contribution in [0.2, 0.25) is 0 Å². The molecule has 0 heterocycles. The summed E-state index contributed by atoms with van der Waals surface area (Å²) in [6.07, 6.45) is -4.84. The van der Waals surface area contributed by atoms with Gasteiger partial charge in [-0.15, -0.1) is 0 Å². The van der Waals surface area contributed by atoms with Crippen LogP contribution in [0, 0.1) is 5.41 Å². The summed E-state index contributed by atoms with van der Waals surface area (Å²) in [7, 11) is 0. The Morgan fingerprint density at radius 3 is 2.10 bits per heavy atom. The van der Waals surface area contributed by atoms with Crippen molar-refractivity contribution in [2.75, 3.05) is 0 Å². The smallest absolute Gasteiger partial charge is 0.420 e. The first-order valence-electron chi connectivity index (χ1n) is 5.79. The first-order valence-corrected chi connectivity index (χ1v) is 5.79. The monoisotopic (exact) mass is 296 g/mol. The summed E-state index contributed by atoms with van der Waals surface area (Å²) >= 11 is 0. The van der Waals surface area contributed by atoms with Crippen molar-refractivity contribution >= 4 is 5.84 Å². The molecule has 110 valence electrons. The SMILES string of the molecule is N=C(N)c1c(O)c(-c2ccccc2)cc(C(F)(F)F)c1O. The van der Waals surface area contributed by atoms with Crippen molar-refractivity contribution in [2.45, 2.75) is 6.18 Å². The molecular weight excluding hydrogens is 285 g/mol. The Balaban J connectivity index is 2.84. The van der Waals surface area contributed by atoms with Crippen molar-refractivity contribution in [2.24, 2.45) is 5.73 Å². The second-order valence-electron chi connectivity index (χ2n) is 4.32. The van der Waals surface area contributed by atoms with Gasteiger partial charge in [0, 0.05) is 5.56 Å². The van der Waals surface area contributed by atoms with Gasteiger partial charge in [0.05, 0.1) is 5.56 Å². The normalized spacial score (nSPS) is 11.4. The molecule has 0 aromatic heterocycles. The molecule has 7 heteroatoms. The zero-order chi connectivity index (χ0) is 15.8. The number of benzene rings is 2. The quantitative estimate of drug-likeness (QED) is 0.507. The van der Waals surface area contributed by atoms with Crippen LogP contribution < -0.4 is 5.73 Å². The number of hydrogen-bond acceptors (Lipinski definition) is 3. The Morgan fingerprint density at radius 2 is 1.62 bits per heavy atom. The van der Waals surface area contributed by atoms with Crippen molar-refractivity contribution in [3.05, 3.63) is 47.5 Å². The molecule has 2 aromatic carbocycles. The van der Waals surface area contributed by atoms with Crippen LogP contribution in [0.15, 0.2) is 36.4 Å². The maximum Gasteiger partial charge on any atom is 0.420 e. The van der Waals surface area contributed by atoms with Gasteiger partial charge >= 0.3 is 6.18 Å². The molecule has 0 unspecified atom stereocenters. The lowest BCUT2D eigenvalue weighted by Gasteiger charge is -2.17. The van der Waals surface area contributed by atoms with Gasteiger partial charge in [0.1, 0.15) is 22.9 Å². The van der Waals surface area contributed by atoms with E-state index < -0.39 is 34.6 Å². The molecule has 0 bridgehead atoms. The van der Waals surface area contributed by atoms with E-state index in [1.807, 2.05) is 0 Å². The first-order chi connectivity index (χ1) is 9.73. The Labute approximate surface area is 117 Å². The molecule has 0 fully saturated rings. The standard InChI is InChI=1S/C14H11F3N2O2/c15-14(16,17)9-6-8(7-4-2-1-3-5-7)11(20)10(12(9)21)13(18)19/h1-6,20-21H,(H3,18,19). The number of nitrogen functional groups attached to an aromatic ring is 1. The van der Waals surface area contributed by atoms with Crippen LogP contribution in [0.5, 0.6) is 11.5 Å². The number of hydrogen-bond donors (Lipinski definition) is 4. The third-order valence-corrected chi connectivity index (χ3v) is 2.93. The Bertz CT molecular complexity index is 698. The Hall–Kier alpha value is -2.70. The third kappa shape index (κ3) is 2.62. The maximum atomic E-state index is 13.0. The fraction of sp³-hybridized carbons (Fsp3) is 0.0714. The van der Waals surface area contributed by atoms with Gasteiger partial charge < -0.3 is 15.9 Å². The van der Waals surface area contributed by atoms with E-state index in [2.05, 4.69) is 0 Å². The summed E-state index contributed by atoms with van der Waals surface area (Å²) in [5.41, 5.74) is 3.23. The molecule has 2 rings (SSSR count). The minimum Gasteiger partial charge on any atom is -0.506 e. The van der Waals surface area contributed by atoms with E-state index in [4.69, 9.17) is 11.1 Å². The third-order valence-electron chi connectivity index (χ3n) is 2.93. The van der Waals surface area contributed by atoms with Crippen LogP contribution >= 0.6 is 0 Å². The molecular formula is C14H11F3N2O2. The molecule has 0 saturated carbocycles. The summed E-state index contributed by atoms with van der Waals surface area (Å²) < 4.78 is 38.9. The van der Waals surface area contributed by atoms with Crippen molar-refractivity contribution < 1.29 is 23.4 Å². The number of rotatable bonds is 2. The topological polar surface area (TPSA) is 90.3 Å². The molecule has 21 heavy (non-hydrogen) atoms. The van der Waals surface area contributed by atoms with Crippen molar-refractivity contribution in [3.63, 3.8) is 0 Å². The second kappa shape index (κ2) is 5.01. The van der Waals surface area contributed by atoms with Crippen LogP contribution in [0.4, 0.5) is 13.2 Å². The highest BCUT2D eigenvalue weighted by Gasteiger charge is 2.37. The number of phenolic OH excluding ortho intramolecular Hbond substituents is 2. The average molecular weight is 296 g/mol. The van der Waals surface area contributed by atoms with E-state index in [0.29, 0.717) is 11.6 Å². The predicted molar refractivity (Wildman–Crippen MR) is 71.2 cm³/mol. The van der Waals surface area contributed by atoms with Gasteiger partial charge in [-0.25, -0.2) is 0 Å². The number of alkyl halides is 3. The average Bonchev–Trinajstić information content (AvgIpc) is 2.38. The molecule has 0 aliphatic carbocycles. The van der Waals surface area contributed by atoms with E-state index in [1.54, 1.807) is 18.2 Å². The molecule has 0 aliphatic heterocycles. The lowest BCUT2D eigenvalue weighted by atomic mass is 9.96. The summed E-state index contributed by atoms with van der Waals surface area (Å²) in [6.45, 7) is 0. The summed E-state index contributed by atoms with van der Waals surface area (Å²) in [5.74, 6) is -2.78. The number of nitrogens with one attached hydrogen (secondary N) is 1. The van der Waals surface area contributed by atoms with Gasteiger partial charge in [-0.3, -0.25) is 5.41 Å². The van der Waals surface area contributed by atoms with Gasteiger partial charge in [-0.1, -0.05) is 30.3 Å². The molecule has 0 spiro atoms. The fourth-order valence-corrected chi connectivity index (χ4v) is 1.97. The van der Waals surface area contributed by atoms with Crippen LogP contribution in [0.25, 0.3) is 11.1 Å². The molecule has 4 nitrogen and oxygen atoms in total. The van der Waals surface area contributed by atoms with E-state index in [1.165, 1.54) is 12.1 Å². The summed E-state index contributed by atoms with van der Waals surface area (Å²) in [5, 5.41) is 26.9. The highest BCUT2D eigenvalue weighted by Crippen LogP contribution is 2.45. The van der Waals surface area contributed by atoms with E-state index in [-0.39, 0.29) is 5.56 Å². The number of amidine groups is 1. The van der Waals surface area contributed by atoms with Gasteiger partial charge in [0.2, 0.25) is 0 Å². The number of nitrogens with two attached hydrogens (primary N) is 1. The zero-order valence-corrected chi connectivity index (χ0v) is 10.6. The largest absolute Gasteiger partial charge is 0.506 e. The molecule has 0 radical (unpaired) electrons. The van der Waals surface area contributed by atoms with Gasteiger partial charge in [-0.2, -0.15) is 13.2 Å². The first kappa shape index (κ1) is 14.7. The van der Waals surface area contributed by atoms with Crippen molar-refractivity contribution in [3.8, 4) is 22.6 Å². The lowest BCUT2D eigenvalue weighted by molar-refractivity contribution is -0.138. The molecule has 0 amide bonds. The minimum atomic E-state index is -4.84. The summed E-state index contributed by atoms with van der Waals surface area (Å²) in [6, 6.07) is 8.46. The predicted octanol–water partition coefficient (Wildman–Crippen LogP) is 3.07. The minimum absolute atomic E-state index is 0.161. The number of phenols is 2. The van der Waals surface area contributed by atoms with Crippen LogP contribution in [0.3, 0.4) is 0 Å². The Morgan fingerprint density at radius 1 is 1.05 bits per heavy atom. The van der Waals surface area contributed by atoms with Gasteiger partial charge in [-0.05, 0) is 11.6 Å². The highest BCUT2D eigenvalue weighted by atomic mass is 19.4. The van der Waals surface area contributed by atoms with E-state index in [0.717, 1.165) is 0 Å². The fourth-order valence-electron chi connectivity index (χ4n) is 1.97. The highest BCUT2D eigenvalue weighted by molar-refractivity contribution is 6.03.